The van der Waals surface area contributed by atoms with Crippen LogP contribution in [0.25, 0.3) is 0 Å². The number of halogens is 2. The minimum Gasteiger partial charge on any atom is -0.396 e. The molecule has 0 spiro atoms. The van der Waals surface area contributed by atoms with Crippen LogP contribution in [0.2, 0.25) is 0 Å². The number of hydrogen-bond acceptors (Lipinski definition) is 3. The molecule has 0 bridgehead atoms. The Balaban J connectivity index is 2.53. The first-order chi connectivity index (χ1) is 9.28. The Kier molecular flexibility index (Phi) is 4.02. The topological polar surface area (TPSA) is 63.4 Å². The second-order valence-corrected chi connectivity index (χ2v) is 6.94. The molecule has 1 heterocycles. The molecule has 2 N–H and O–H groups in total. The lowest BCUT2D eigenvalue weighted by molar-refractivity contribution is 0.327. The predicted octanol–water partition coefficient (Wildman–Crippen LogP) is 2.50. The fourth-order valence-electron chi connectivity index (χ4n) is 2.72. The molecule has 0 saturated carbocycles. The Hall–Kier alpha value is -1.21. The average Bonchev–Trinajstić information content (AvgIpc) is 2.75. The van der Waals surface area contributed by atoms with Crippen molar-refractivity contribution in [3.8, 4) is 0 Å². The minimum absolute atomic E-state index is 0.152. The monoisotopic (exact) mass is 304 g/mol. The summed E-state index contributed by atoms with van der Waals surface area (Å²) in [5.74, 6) is -2.06. The van der Waals surface area contributed by atoms with Gasteiger partial charge >= 0.3 is 0 Å². The van der Waals surface area contributed by atoms with Gasteiger partial charge in [0, 0.05) is 18.2 Å². The third-order valence-electron chi connectivity index (χ3n) is 3.79. The highest BCUT2D eigenvalue weighted by molar-refractivity contribution is 7.89. The van der Waals surface area contributed by atoms with Crippen molar-refractivity contribution in [2.45, 2.75) is 50.1 Å². The van der Waals surface area contributed by atoms with Crippen molar-refractivity contribution in [3.63, 3.8) is 0 Å². The number of benzene rings is 1. The largest absolute Gasteiger partial charge is 0.396 e. The Morgan fingerprint density at radius 1 is 1.30 bits per heavy atom. The zero-order chi connectivity index (χ0) is 15.1. The van der Waals surface area contributed by atoms with E-state index in [2.05, 4.69) is 0 Å². The molecule has 0 amide bonds. The van der Waals surface area contributed by atoms with Crippen molar-refractivity contribution >= 4 is 15.7 Å². The van der Waals surface area contributed by atoms with Crippen LogP contribution in [0.15, 0.2) is 17.0 Å². The van der Waals surface area contributed by atoms with Gasteiger partial charge < -0.3 is 5.73 Å². The van der Waals surface area contributed by atoms with E-state index in [1.54, 1.807) is 6.92 Å². The second-order valence-electron chi connectivity index (χ2n) is 5.13. The summed E-state index contributed by atoms with van der Waals surface area (Å²) in [4.78, 5) is -0.552. The summed E-state index contributed by atoms with van der Waals surface area (Å²) in [5.41, 5.74) is 4.99. The number of anilines is 1. The van der Waals surface area contributed by atoms with Gasteiger partial charge in [-0.25, -0.2) is 17.2 Å². The van der Waals surface area contributed by atoms with Gasteiger partial charge in [0.2, 0.25) is 10.0 Å². The molecule has 1 aromatic rings. The van der Waals surface area contributed by atoms with E-state index in [4.69, 9.17) is 5.73 Å². The highest BCUT2D eigenvalue weighted by Crippen LogP contribution is 2.34. The molecule has 1 saturated heterocycles. The number of rotatable bonds is 3. The van der Waals surface area contributed by atoms with Gasteiger partial charge in [-0.15, -0.1) is 0 Å². The van der Waals surface area contributed by atoms with Crippen molar-refractivity contribution in [1.29, 1.82) is 0 Å². The van der Waals surface area contributed by atoms with Gasteiger partial charge in [-0.1, -0.05) is 6.92 Å². The van der Waals surface area contributed by atoms with E-state index in [9.17, 15) is 17.2 Å². The van der Waals surface area contributed by atoms with Crippen LogP contribution in [0.4, 0.5) is 14.5 Å². The summed E-state index contributed by atoms with van der Waals surface area (Å²) >= 11 is 0. The maximum Gasteiger partial charge on any atom is 0.246 e. The molecule has 0 radical (unpaired) electrons. The van der Waals surface area contributed by atoms with E-state index < -0.39 is 26.6 Å². The molecule has 0 aliphatic carbocycles. The lowest BCUT2D eigenvalue weighted by Gasteiger charge is -2.27. The van der Waals surface area contributed by atoms with Gasteiger partial charge in [0.25, 0.3) is 0 Å². The smallest absolute Gasteiger partial charge is 0.246 e. The van der Waals surface area contributed by atoms with Crippen LogP contribution in [0.5, 0.6) is 0 Å². The van der Waals surface area contributed by atoms with Crippen LogP contribution in [0.3, 0.4) is 0 Å². The first-order valence-electron chi connectivity index (χ1n) is 6.57. The third kappa shape index (κ3) is 2.40. The fourth-order valence-corrected chi connectivity index (χ4v) is 4.76. The van der Waals surface area contributed by atoms with Crippen molar-refractivity contribution in [3.05, 3.63) is 23.8 Å². The number of nitrogens with two attached hydrogens (primary N) is 1. The van der Waals surface area contributed by atoms with Gasteiger partial charge in [0.1, 0.15) is 16.5 Å². The van der Waals surface area contributed by atoms with Gasteiger partial charge in [0.15, 0.2) is 0 Å². The second kappa shape index (κ2) is 5.29. The fraction of sp³-hybridized carbons (Fsp3) is 0.538. The van der Waals surface area contributed by atoms with Crippen LogP contribution in [0, 0.1) is 11.6 Å². The van der Waals surface area contributed by atoms with Gasteiger partial charge in [-0.2, -0.15) is 4.31 Å². The van der Waals surface area contributed by atoms with Gasteiger partial charge in [-0.3, -0.25) is 0 Å². The van der Waals surface area contributed by atoms with E-state index in [1.165, 1.54) is 4.31 Å². The van der Waals surface area contributed by atoms with Crippen molar-refractivity contribution in [1.82, 2.24) is 4.31 Å². The number of sulfonamides is 1. The maximum atomic E-state index is 13.8. The van der Waals surface area contributed by atoms with Crippen LogP contribution in [0.1, 0.15) is 33.1 Å². The highest BCUT2D eigenvalue weighted by Gasteiger charge is 2.40. The number of nitrogens with zero attached hydrogens (tertiary/aromatic N) is 1. The molecule has 1 fully saturated rings. The Morgan fingerprint density at radius 3 is 2.55 bits per heavy atom. The third-order valence-corrected chi connectivity index (χ3v) is 5.87. The minimum atomic E-state index is -4.01. The Labute approximate surface area is 117 Å². The zero-order valence-corrected chi connectivity index (χ0v) is 12.3. The number of nitrogen functional groups attached to an aromatic ring is 1. The number of hydrogen-bond donors (Lipinski definition) is 1. The molecule has 1 aromatic carbocycles. The average molecular weight is 304 g/mol. The molecule has 1 aliphatic rings. The summed E-state index contributed by atoms with van der Waals surface area (Å²) in [6.07, 6.45) is 2.13. The van der Waals surface area contributed by atoms with Crippen LogP contribution in [-0.2, 0) is 10.0 Å². The molecule has 2 unspecified atom stereocenters. The molecule has 0 aromatic heterocycles. The van der Waals surface area contributed by atoms with Crippen LogP contribution < -0.4 is 5.73 Å². The molecule has 20 heavy (non-hydrogen) atoms. The van der Waals surface area contributed by atoms with Gasteiger partial charge in [0.05, 0.1) is 5.69 Å². The quantitative estimate of drug-likeness (QED) is 0.873. The molecule has 7 heteroatoms. The normalized spacial score (nSPS) is 24.2. The van der Waals surface area contributed by atoms with E-state index in [1.807, 2.05) is 6.92 Å². The Morgan fingerprint density at radius 2 is 1.95 bits per heavy atom. The lowest BCUT2D eigenvalue weighted by Crippen LogP contribution is -2.40. The van der Waals surface area contributed by atoms with E-state index in [0.717, 1.165) is 18.9 Å². The standard InChI is InChI=1S/C13H18F2N2O2S/c1-3-9-5-4-8(2)17(9)20(18,19)13-7-12(16)10(14)6-11(13)15/h6-9H,3-5,16H2,1-2H3. The molecular weight excluding hydrogens is 286 g/mol. The van der Waals surface area contributed by atoms with Crippen molar-refractivity contribution in [2.75, 3.05) is 5.73 Å². The summed E-state index contributed by atoms with van der Waals surface area (Å²) < 4.78 is 53.5. The summed E-state index contributed by atoms with van der Waals surface area (Å²) in [6.45, 7) is 3.68. The summed E-state index contributed by atoms with van der Waals surface area (Å²) in [5, 5.41) is 0. The van der Waals surface area contributed by atoms with E-state index in [0.29, 0.717) is 12.5 Å². The predicted molar refractivity (Wildman–Crippen MR) is 72.6 cm³/mol. The SMILES string of the molecule is CCC1CCC(C)N1S(=O)(=O)c1cc(N)c(F)cc1F. The molecule has 4 nitrogen and oxygen atoms in total. The van der Waals surface area contributed by atoms with Crippen molar-refractivity contribution in [2.24, 2.45) is 0 Å². The zero-order valence-electron chi connectivity index (χ0n) is 11.4. The van der Waals surface area contributed by atoms with E-state index >= 15 is 0 Å². The molecule has 2 rings (SSSR count). The lowest BCUT2D eigenvalue weighted by atomic mass is 10.2. The van der Waals surface area contributed by atoms with E-state index in [-0.39, 0.29) is 17.8 Å². The summed E-state index contributed by atoms with van der Waals surface area (Å²) in [6, 6.07) is 1.03. The molecular formula is C13H18F2N2O2S. The molecule has 112 valence electrons. The first-order valence-corrected chi connectivity index (χ1v) is 8.01. The highest BCUT2D eigenvalue weighted by atomic mass is 32.2. The molecule has 2 atom stereocenters. The molecule has 1 aliphatic heterocycles. The Bertz CT molecular complexity index is 619. The maximum absolute atomic E-state index is 13.8. The van der Waals surface area contributed by atoms with Gasteiger partial charge in [-0.05, 0) is 32.3 Å². The van der Waals surface area contributed by atoms with Crippen LogP contribution >= 0.6 is 0 Å². The first kappa shape index (κ1) is 15.2. The van der Waals surface area contributed by atoms with Crippen molar-refractivity contribution < 1.29 is 17.2 Å². The summed E-state index contributed by atoms with van der Waals surface area (Å²) in [7, 11) is -4.01. The van der Waals surface area contributed by atoms with Crippen LogP contribution in [-0.4, -0.2) is 24.8 Å².